The van der Waals surface area contributed by atoms with Crippen molar-refractivity contribution < 1.29 is 12.8 Å². The van der Waals surface area contributed by atoms with E-state index < -0.39 is 15.8 Å². The smallest absolute Gasteiger partial charge is 0.408 e. The van der Waals surface area contributed by atoms with Crippen molar-refractivity contribution in [2.45, 2.75) is 30.6 Å². The van der Waals surface area contributed by atoms with Gasteiger partial charge in [-0.3, -0.25) is 9.29 Å². The Labute approximate surface area is 145 Å². The molecular weight excluding hydrogens is 340 g/mol. The number of rotatable bonds is 3. The lowest BCUT2D eigenvalue weighted by molar-refractivity contribution is 0.528. The number of aromatic nitrogens is 1. The first kappa shape index (κ1) is 16.0. The van der Waals surface area contributed by atoms with Gasteiger partial charge in [0.05, 0.1) is 16.1 Å². The summed E-state index contributed by atoms with van der Waals surface area (Å²) < 4.78 is 34.4. The largest absolute Gasteiger partial charge is 0.419 e. The third-order valence-electron chi connectivity index (χ3n) is 4.67. The summed E-state index contributed by atoms with van der Waals surface area (Å²) in [5.74, 6) is -0.482. The molecule has 0 bridgehead atoms. The number of sulfonamides is 1. The molecule has 25 heavy (non-hydrogen) atoms. The monoisotopic (exact) mass is 358 g/mol. The van der Waals surface area contributed by atoms with Crippen molar-refractivity contribution in [3.8, 4) is 0 Å². The van der Waals surface area contributed by atoms with Gasteiger partial charge in [-0.05, 0) is 67.1 Å². The van der Waals surface area contributed by atoms with Gasteiger partial charge in [-0.2, -0.15) is 0 Å². The van der Waals surface area contributed by atoms with Crippen LogP contribution in [0.15, 0.2) is 50.5 Å². The average molecular weight is 358 g/mol. The molecule has 0 aliphatic heterocycles. The van der Waals surface area contributed by atoms with E-state index in [0.29, 0.717) is 16.8 Å². The minimum Gasteiger partial charge on any atom is -0.408 e. The summed E-state index contributed by atoms with van der Waals surface area (Å²) in [6.45, 7) is 0. The third kappa shape index (κ3) is 2.84. The first-order chi connectivity index (χ1) is 11.9. The van der Waals surface area contributed by atoms with Crippen LogP contribution in [0.1, 0.15) is 24.0 Å². The number of nitrogens with zero attached hydrogens (tertiary/aromatic N) is 1. The number of oxazole rings is 1. The van der Waals surface area contributed by atoms with E-state index in [9.17, 15) is 13.2 Å². The minimum atomic E-state index is -3.69. The summed E-state index contributed by atoms with van der Waals surface area (Å²) in [5.41, 5.74) is 3.70. The number of fused-ring (bicyclic) bond motifs is 2. The topological polar surface area (TPSA) is 81.3 Å². The standard InChI is InChI=1S/C18H18N2O4S/c1-20-16-11-14(7-9-17(16)24-18(20)21)19-25(22,23)15-8-6-12-4-2-3-5-13(12)10-15/h6-11,19H,2-5H2,1H3. The zero-order valence-corrected chi connectivity index (χ0v) is 14.6. The number of nitrogens with one attached hydrogen (secondary N) is 1. The molecule has 0 saturated carbocycles. The van der Waals surface area contributed by atoms with Crippen molar-refractivity contribution in [2.75, 3.05) is 4.72 Å². The second kappa shape index (κ2) is 5.77. The van der Waals surface area contributed by atoms with E-state index in [4.69, 9.17) is 4.42 Å². The maximum absolute atomic E-state index is 12.7. The number of aryl methyl sites for hydroxylation is 3. The van der Waals surface area contributed by atoms with Gasteiger partial charge in [-0.1, -0.05) is 6.07 Å². The van der Waals surface area contributed by atoms with E-state index in [1.807, 2.05) is 6.07 Å². The Morgan fingerprint density at radius 2 is 1.80 bits per heavy atom. The van der Waals surface area contributed by atoms with Gasteiger partial charge in [-0.15, -0.1) is 0 Å². The number of hydrogen-bond donors (Lipinski definition) is 1. The fourth-order valence-corrected chi connectivity index (χ4v) is 4.38. The van der Waals surface area contributed by atoms with E-state index in [0.717, 1.165) is 31.2 Å². The lowest BCUT2D eigenvalue weighted by Gasteiger charge is -2.17. The van der Waals surface area contributed by atoms with Crippen LogP contribution in [0.3, 0.4) is 0 Å². The van der Waals surface area contributed by atoms with Crippen LogP contribution >= 0.6 is 0 Å². The Morgan fingerprint density at radius 3 is 2.60 bits per heavy atom. The first-order valence-electron chi connectivity index (χ1n) is 8.18. The van der Waals surface area contributed by atoms with Crippen LogP contribution in [0.25, 0.3) is 11.1 Å². The maximum Gasteiger partial charge on any atom is 0.419 e. The van der Waals surface area contributed by atoms with Gasteiger partial charge in [-0.25, -0.2) is 13.2 Å². The molecule has 1 aliphatic carbocycles. The number of benzene rings is 2. The highest BCUT2D eigenvalue weighted by molar-refractivity contribution is 7.92. The molecule has 1 heterocycles. The minimum absolute atomic E-state index is 0.259. The highest BCUT2D eigenvalue weighted by Crippen LogP contribution is 2.26. The zero-order valence-electron chi connectivity index (χ0n) is 13.8. The molecule has 0 atom stereocenters. The molecule has 0 amide bonds. The highest BCUT2D eigenvalue weighted by Gasteiger charge is 2.18. The van der Waals surface area contributed by atoms with Crippen LogP contribution in [-0.2, 0) is 29.9 Å². The fourth-order valence-electron chi connectivity index (χ4n) is 3.28. The van der Waals surface area contributed by atoms with Crippen molar-refractivity contribution in [1.82, 2.24) is 4.57 Å². The quantitative estimate of drug-likeness (QED) is 0.781. The Morgan fingerprint density at radius 1 is 1.04 bits per heavy atom. The summed E-state index contributed by atoms with van der Waals surface area (Å²) in [6, 6.07) is 10.1. The molecule has 2 aromatic carbocycles. The van der Waals surface area contributed by atoms with Crippen LogP contribution in [-0.4, -0.2) is 13.0 Å². The van der Waals surface area contributed by atoms with Crippen molar-refractivity contribution >= 4 is 26.8 Å². The second-order valence-electron chi connectivity index (χ2n) is 6.35. The molecule has 4 rings (SSSR count). The van der Waals surface area contributed by atoms with Gasteiger partial charge >= 0.3 is 5.76 Å². The van der Waals surface area contributed by atoms with Crippen LogP contribution in [0, 0.1) is 0 Å². The molecule has 1 N–H and O–H groups in total. The molecule has 0 saturated heterocycles. The molecule has 1 aliphatic rings. The fraction of sp³-hybridized carbons (Fsp3) is 0.278. The molecule has 1 aromatic heterocycles. The molecular formula is C18H18N2O4S. The van der Waals surface area contributed by atoms with Crippen molar-refractivity contribution in [3.05, 3.63) is 58.1 Å². The van der Waals surface area contributed by atoms with Crippen LogP contribution in [0.5, 0.6) is 0 Å². The molecule has 3 aromatic rings. The third-order valence-corrected chi connectivity index (χ3v) is 6.05. The first-order valence-corrected chi connectivity index (χ1v) is 9.66. The highest BCUT2D eigenvalue weighted by atomic mass is 32.2. The Bertz CT molecular complexity index is 1130. The number of hydrogen-bond acceptors (Lipinski definition) is 4. The van der Waals surface area contributed by atoms with Gasteiger partial charge in [0.15, 0.2) is 5.58 Å². The Kier molecular flexibility index (Phi) is 3.68. The van der Waals surface area contributed by atoms with E-state index in [1.54, 1.807) is 37.4 Å². The van der Waals surface area contributed by atoms with Gasteiger partial charge < -0.3 is 4.42 Å². The lowest BCUT2D eigenvalue weighted by Crippen LogP contribution is -2.14. The van der Waals surface area contributed by atoms with Crippen molar-refractivity contribution in [2.24, 2.45) is 7.05 Å². The molecule has 0 spiro atoms. The van der Waals surface area contributed by atoms with Gasteiger partial charge in [0.2, 0.25) is 0 Å². The van der Waals surface area contributed by atoms with Gasteiger partial charge in [0.25, 0.3) is 10.0 Å². The summed E-state index contributed by atoms with van der Waals surface area (Å²) in [6.07, 6.45) is 4.17. The summed E-state index contributed by atoms with van der Waals surface area (Å²) in [4.78, 5) is 11.8. The van der Waals surface area contributed by atoms with Crippen LogP contribution < -0.4 is 10.5 Å². The Balaban J connectivity index is 1.69. The van der Waals surface area contributed by atoms with Crippen LogP contribution in [0.2, 0.25) is 0 Å². The Hall–Kier alpha value is -2.54. The van der Waals surface area contributed by atoms with Gasteiger partial charge in [0, 0.05) is 7.05 Å². The summed E-state index contributed by atoms with van der Waals surface area (Å²) >= 11 is 0. The zero-order chi connectivity index (χ0) is 17.6. The molecule has 130 valence electrons. The predicted octanol–water partition coefficient (Wildman–Crippen LogP) is 2.81. The average Bonchev–Trinajstić information content (AvgIpc) is 2.88. The lowest BCUT2D eigenvalue weighted by atomic mass is 9.92. The van der Waals surface area contributed by atoms with E-state index in [-0.39, 0.29) is 4.90 Å². The van der Waals surface area contributed by atoms with Crippen molar-refractivity contribution in [1.29, 1.82) is 0 Å². The second-order valence-corrected chi connectivity index (χ2v) is 8.04. The van der Waals surface area contributed by atoms with Gasteiger partial charge in [0.1, 0.15) is 0 Å². The SMILES string of the molecule is Cn1c(=O)oc2ccc(NS(=O)(=O)c3ccc4c(c3)CCCC4)cc21. The van der Waals surface area contributed by atoms with E-state index >= 15 is 0 Å². The maximum atomic E-state index is 12.7. The normalized spacial score (nSPS) is 14.4. The molecule has 0 unspecified atom stereocenters. The molecule has 0 fully saturated rings. The summed E-state index contributed by atoms with van der Waals surface area (Å²) in [5, 5.41) is 0. The molecule has 6 nitrogen and oxygen atoms in total. The molecule has 0 radical (unpaired) electrons. The summed E-state index contributed by atoms with van der Waals surface area (Å²) in [7, 11) is -2.11. The van der Waals surface area contributed by atoms with Crippen LogP contribution in [0.4, 0.5) is 5.69 Å². The van der Waals surface area contributed by atoms with Crippen molar-refractivity contribution in [3.63, 3.8) is 0 Å². The number of anilines is 1. The van der Waals surface area contributed by atoms with E-state index in [2.05, 4.69) is 4.72 Å². The molecule has 7 heteroatoms. The van der Waals surface area contributed by atoms with E-state index in [1.165, 1.54) is 10.1 Å². The predicted molar refractivity (Wildman–Crippen MR) is 95.3 cm³/mol.